The van der Waals surface area contributed by atoms with Gasteiger partial charge in [0.25, 0.3) is 0 Å². The summed E-state index contributed by atoms with van der Waals surface area (Å²) >= 11 is 0. The van der Waals surface area contributed by atoms with Crippen LogP contribution in [-0.2, 0) is 0 Å². The Kier molecular flexibility index (Phi) is 4.25. The molecule has 0 amide bonds. The molecular weight excluding hydrogens is 226 g/mol. The van der Waals surface area contributed by atoms with E-state index in [1.165, 1.54) is 5.56 Å². The third kappa shape index (κ3) is 2.84. The molecule has 4 nitrogen and oxygen atoms in total. The molecule has 18 heavy (non-hydrogen) atoms. The second-order valence-corrected chi connectivity index (χ2v) is 3.90. The van der Waals surface area contributed by atoms with Crippen molar-refractivity contribution in [2.45, 2.75) is 13.0 Å². The average molecular weight is 243 g/mol. The molecule has 0 radical (unpaired) electrons. The van der Waals surface area contributed by atoms with Crippen molar-refractivity contribution in [1.82, 2.24) is 15.5 Å². The Morgan fingerprint density at radius 2 is 1.89 bits per heavy atom. The molecule has 0 spiro atoms. The summed E-state index contributed by atoms with van der Waals surface area (Å²) in [6, 6.07) is 10.2. The third-order valence-electron chi connectivity index (χ3n) is 2.75. The summed E-state index contributed by atoms with van der Waals surface area (Å²) in [5.74, 6) is 0.893. The third-order valence-corrected chi connectivity index (χ3v) is 2.75. The second-order valence-electron chi connectivity index (χ2n) is 3.90. The van der Waals surface area contributed by atoms with Gasteiger partial charge in [-0.15, -0.1) is 0 Å². The Hall–Kier alpha value is -1.94. The number of nitrogens with one attached hydrogen (secondary N) is 1. The van der Waals surface area contributed by atoms with Crippen LogP contribution in [0.5, 0.6) is 5.75 Å². The Morgan fingerprint density at radius 1 is 1.11 bits per heavy atom. The topological polar surface area (TPSA) is 47.0 Å². The molecule has 0 saturated heterocycles. The maximum absolute atomic E-state index is 5.44. The lowest BCUT2D eigenvalue weighted by molar-refractivity contribution is 0.340. The summed E-state index contributed by atoms with van der Waals surface area (Å²) in [7, 11) is 1.93. The fraction of sp³-hybridized carbons (Fsp3) is 0.286. The fourth-order valence-electron chi connectivity index (χ4n) is 1.92. The molecule has 2 aromatic rings. The van der Waals surface area contributed by atoms with Crippen LogP contribution in [0.15, 0.2) is 42.7 Å². The van der Waals surface area contributed by atoms with Crippen LogP contribution in [0.4, 0.5) is 0 Å². The molecule has 0 aliphatic rings. The zero-order valence-corrected chi connectivity index (χ0v) is 10.6. The molecular formula is C14H17N3O. The number of ether oxygens (including phenoxy) is 1. The zero-order valence-electron chi connectivity index (χ0n) is 10.6. The summed E-state index contributed by atoms with van der Waals surface area (Å²) in [6.07, 6.45) is 3.48. The van der Waals surface area contributed by atoms with E-state index in [4.69, 9.17) is 4.74 Å². The Balaban J connectivity index is 2.23. The van der Waals surface area contributed by atoms with Crippen molar-refractivity contribution in [3.05, 3.63) is 53.9 Å². The van der Waals surface area contributed by atoms with Crippen molar-refractivity contribution in [1.29, 1.82) is 0 Å². The standard InChI is InChI=1S/C14H17N3O/c1-3-18-13-6-4-11(5-7-13)14(15-2)12-8-9-16-17-10-12/h4-10,14-15H,3H2,1-2H3. The van der Waals surface area contributed by atoms with E-state index in [0.717, 1.165) is 11.3 Å². The minimum Gasteiger partial charge on any atom is -0.494 e. The lowest BCUT2D eigenvalue weighted by Gasteiger charge is -2.16. The summed E-state index contributed by atoms with van der Waals surface area (Å²) in [6.45, 7) is 2.66. The molecule has 0 aliphatic carbocycles. The van der Waals surface area contributed by atoms with Crippen molar-refractivity contribution >= 4 is 0 Å². The number of aromatic nitrogens is 2. The highest BCUT2D eigenvalue weighted by Gasteiger charge is 2.11. The molecule has 0 aliphatic heterocycles. The van der Waals surface area contributed by atoms with Crippen molar-refractivity contribution in [2.24, 2.45) is 0 Å². The normalized spacial score (nSPS) is 12.1. The van der Waals surface area contributed by atoms with Gasteiger partial charge in [0.2, 0.25) is 0 Å². The van der Waals surface area contributed by atoms with Gasteiger partial charge in [0.1, 0.15) is 5.75 Å². The molecule has 1 N–H and O–H groups in total. The lowest BCUT2D eigenvalue weighted by atomic mass is 10.0. The first kappa shape index (κ1) is 12.5. The van der Waals surface area contributed by atoms with E-state index in [0.29, 0.717) is 6.61 Å². The lowest BCUT2D eigenvalue weighted by Crippen LogP contribution is -2.17. The molecule has 94 valence electrons. The molecule has 1 aromatic heterocycles. The number of benzene rings is 1. The predicted molar refractivity (Wildman–Crippen MR) is 70.5 cm³/mol. The molecule has 1 heterocycles. The molecule has 1 unspecified atom stereocenters. The quantitative estimate of drug-likeness (QED) is 0.874. The predicted octanol–water partition coefficient (Wildman–Crippen LogP) is 2.18. The first-order chi connectivity index (χ1) is 8.85. The van der Waals surface area contributed by atoms with Gasteiger partial charge in [-0.2, -0.15) is 10.2 Å². The van der Waals surface area contributed by atoms with E-state index in [1.807, 2.05) is 32.2 Å². The van der Waals surface area contributed by atoms with Crippen LogP contribution in [0.1, 0.15) is 24.1 Å². The minimum absolute atomic E-state index is 0.121. The van der Waals surface area contributed by atoms with Crippen LogP contribution in [0.25, 0.3) is 0 Å². The van der Waals surface area contributed by atoms with Gasteiger partial charge < -0.3 is 10.1 Å². The molecule has 0 bridgehead atoms. The van der Waals surface area contributed by atoms with Crippen LogP contribution >= 0.6 is 0 Å². The second kappa shape index (κ2) is 6.12. The Bertz CT molecular complexity index is 470. The summed E-state index contributed by atoms with van der Waals surface area (Å²) in [4.78, 5) is 0. The van der Waals surface area contributed by atoms with Crippen LogP contribution in [0.3, 0.4) is 0 Å². The summed E-state index contributed by atoms with van der Waals surface area (Å²) in [5.41, 5.74) is 2.27. The number of hydrogen-bond acceptors (Lipinski definition) is 4. The largest absolute Gasteiger partial charge is 0.494 e. The highest BCUT2D eigenvalue weighted by molar-refractivity contribution is 5.34. The Morgan fingerprint density at radius 3 is 2.44 bits per heavy atom. The SMILES string of the molecule is CCOc1ccc(C(NC)c2ccnnc2)cc1. The molecule has 1 atom stereocenters. The van der Waals surface area contributed by atoms with Crippen LogP contribution in [0, 0.1) is 0 Å². The highest BCUT2D eigenvalue weighted by atomic mass is 16.5. The van der Waals surface area contributed by atoms with Gasteiger partial charge in [0.05, 0.1) is 18.8 Å². The molecule has 0 saturated carbocycles. The molecule has 4 heteroatoms. The fourth-order valence-corrected chi connectivity index (χ4v) is 1.92. The number of nitrogens with zero attached hydrogens (tertiary/aromatic N) is 2. The van der Waals surface area contributed by atoms with E-state index in [1.54, 1.807) is 12.4 Å². The van der Waals surface area contributed by atoms with Gasteiger partial charge in [-0.25, -0.2) is 0 Å². The highest BCUT2D eigenvalue weighted by Crippen LogP contribution is 2.22. The van der Waals surface area contributed by atoms with Crippen LogP contribution in [0.2, 0.25) is 0 Å². The van der Waals surface area contributed by atoms with E-state index in [2.05, 4.69) is 27.6 Å². The van der Waals surface area contributed by atoms with Gasteiger partial charge in [-0.3, -0.25) is 0 Å². The van der Waals surface area contributed by atoms with Gasteiger partial charge >= 0.3 is 0 Å². The molecule has 0 fully saturated rings. The molecule has 1 aromatic carbocycles. The number of hydrogen-bond donors (Lipinski definition) is 1. The minimum atomic E-state index is 0.121. The van der Waals surface area contributed by atoms with Gasteiger partial charge in [-0.1, -0.05) is 12.1 Å². The maximum atomic E-state index is 5.44. The first-order valence-corrected chi connectivity index (χ1v) is 6.01. The maximum Gasteiger partial charge on any atom is 0.119 e. The molecule has 2 rings (SSSR count). The van der Waals surface area contributed by atoms with E-state index in [9.17, 15) is 0 Å². The Labute approximate surface area is 107 Å². The van der Waals surface area contributed by atoms with Gasteiger partial charge in [0, 0.05) is 6.20 Å². The van der Waals surface area contributed by atoms with Crippen molar-refractivity contribution < 1.29 is 4.74 Å². The zero-order chi connectivity index (χ0) is 12.8. The van der Waals surface area contributed by atoms with Crippen LogP contribution in [-0.4, -0.2) is 23.9 Å². The van der Waals surface area contributed by atoms with Gasteiger partial charge in [0.15, 0.2) is 0 Å². The average Bonchev–Trinajstić information content (AvgIpc) is 2.43. The summed E-state index contributed by atoms with van der Waals surface area (Å²) in [5, 5.41) is 11.0. The van der Waals surface area contributed by atoms with Crippen molar-refractivity contribution in [2.75, 3.05) is 13.7 Å². The van der Waals surface area contributed by atoms with E-state index in [-0.39, 0.29) is 6.04 Å². The first-order valence-electron chi connectivity index (χ1n) is 6.01. The van der Waals surface area contributed by atoms with Crippen molar-refractivity contribution in [3.63, 3.8) is 0 Å². The van der Waals surface area contributed by atoms with E-state index >= 15 is 0 Å². The number of rotatable bonds is 5. The smallest absolute Gasteiger partial charge is 0.119 e. The van der Waals surface area contributed by atoms with Crippen molar-refractivity contribution in [3.8, 4) is 5.75 Å². The van der Waals surface area contributed by atoms with E-state index < -0.39 is 0 Å². The monoisotopic (exact) mass is 243 g/mol. The summed E-state index contributed by atoms with van der Waals surface area (Å²) < 4.78 is 5.44. The van der Waals surface area contributed by atoms with Gasteiger partial charge in [-0.05, 0) is 43.3 Å². The van der Waals surface area contributed by atoms with Crippen LogP contribution < -0.4 is 10.1 Å².